The second kappa shape index (κ2) is 4.50. The molecule has 2 nitrogen and oxygen atoms in total. The first-order chi connectivity index (χ1) is 5.86. The Morgan fingerprint density at radius 1 is 1.50 bits per heavy atom. The van der Waals surface area contributed by atoms with Crippen molar-refractivity contribution < 1.29 is 0 Å². The highest BCUT2D eigenvalue weighted by Gasteiger charge is 2.04. The lowest BCUT2D eigenvalue weighted by Crippen LogP contribution is -1.99. The van der Waals surface area contributed by atoms with Crippen molar-refractivity contribution in [2.75, 3.05) is 0 Å². The molecule has 1 atom stereocenters. The van der Waals surface area contributed by atoms with Gasteiger partial charge in [0.15, 0.2) is 0 Å². The molecule has 0 fully saturated rings. The standard InChI is InChI=1S/C10H12N2/c1-2-9(8-11)7-10-3-5-12-6-4-10/h3-6,9H,2,7H2,1H3. The van der Waals surface area contributed by atoms with Crippen LogP contribution in [0.4, 0.5) is 0 Å². The summed E-state index contributed by atoms with van der Waals surface area (Å²) in [5, 5.41) is 8.72. The molecule has 1 aromatic heterocycles. The minimum absolute atomic E-state index is 0.146. The summed E-state index contributed by atoms with van der Waals surface area (Å²) < 4.78 is 0. The molecule has 1 rings (SSSR count). The van der Waals surface area contributed by atoms with Crippen LogP contribution < -0.4 is 0 Å². The van der Waals surface area contributed by atoms with Gasteiger partial charge in [0, 0.05) is 12.4 Å². The van der Waals surface area contributed by atoms with Crippen LogP contribution in [-0.4, -0.2) is 4.98 Å². The molecule has 1 unspecified atom stereocenters. The van der Waals surface area contributed by atoms with Crippen molar-refractivity contribution in [2.24, 2.45) is 5.92 Å². The summed E-state index contributed by atoms with van der Waals surface area (Å²) in [6.07, 6.45) is 5.28. The summed E-state index contributed by atoms with van der Waals surface area (Å²) in [6, 6.07) is 6.20. The van der Waals surface area contributed by atoms with Crippen LogP contribution in [0, 0.1) is 17.2 Å². The summed E-state index contributed by atoms with van der Waals surface area (Å²) >= 11 is 0. The average Bonchev–Trinajstić information content (AvgIpc) is 2.16. The summed E-state index contributed by atoms with van der Waals surface area (Å²) in [7, 11) is 0. The number of rotatable bonds is 3. The summed E-state index contributed by atoms with van der Waals surface area (Å²) in [4.78, 5) is 3.92. The summed E-state index contributed by atoms with van der Waals surface area (Å²) in [6.45, 7) is 2.04. The van der Waals surface area contributed by atoms with Gasteiger partial charge in [-0.05, 0) is 30.5 Å². The minimum atomic E-state index is 0.146. The molecule has 2 heteroatoms. The van der Waals surface area contributed by atoms with Gasteiger partial charge >= 0.3 is 0 Å². The molecule has 1 aromatic rings. The number of nitrogens with zero attached hydrogens (tertiary/aromatic N) is 2. The highest BCUT2D eigenvalue weighted by atomic mass is 14.6. The molecule has 1 heterocycles. The third kappa shape index (κ3) is 2.35. The Kier molecular flexibility index (Phi) is 3.28. The van der Waals surface area contributed by atoms with Crippen LogP contribution in [0.25, 0.3) is 0 Å². The largest absolute Gasteiger partial charge is 0.265 e. The van der Waals surface area contributed by atoms with Crippen LogP contribution in [0.3, 0.4) is 0 Å². The monoisotopic (exact) mass is 160 g/mol. The highest BCUT2D eigenvalue weighted by molar-refractivity contribution is 5.12. The molecule has 0 aliphatic carbocycles. The van der Waals surface area contributed by atoms with E-state index in [1.807, 2.05) is 19.1 Å². The molecule has 0 saturated carbocycles. The van der Waals surface area contributed by atoms with Gasteiger partial charge in [-0.2, -0.15) is 5.26 Å². The van der Waals surface area contributed by atoms with Crippen molar-refractivity contribution in [3.63, 3.8) is 0 Å². The van der Waals surface area contributed by atoms with Crippen molar-refractivity contribution in [1.82, 2.24) is 4.98 Å². The lowest BCUT2D eigenvalue weighted by molar-refractivity contribution is 0.638. The number of aromatic nitrogens is 1. The molecule has 0 N–H and O–H groups in total. The molecular formula is C10H12N2. The normalized spacial score (nSPS) is 12.0. The Labute approximate surface area is 72.9 Å². The topological polar surface area (TPSA) is 36.7 Å². The minimum Gasteiger partial charge on any atom is -0.265 e. The first-order valence-electron chi connectivity index (χ1n) is 4.15. The molecule has 0 amide bonds. The van der Waals surface area contributed by atoms with Gasteiger partial charge in [-0.3, -0.25) is 4.98 Å². The van der Waals surface area contributed by atoms with E-state index < -0.39 is 0 Å². The predicted molar refractivity (Wildman–Crippen MR) is 47.3 cm³/mol. The van der Waals surface area contributed by atoms with E-state index in [1.54, 1.807) is 12.4 Å². The van der Waals surface area contributed by atoms with Crippen molar-refractivity contribution >= 4 is 0 Å². The molecule has 0 spiro atoms. The molecule has 0 aliphatic rings. The molecule has 0 bridgehead atoms. The van der Waals surface area contributed by atoms with Crippen molar-refractivity contribution in [3.05, 3.63) is 30.1 Å². The first kappa shape index (κ1) is 8.73. The molecular weight excluding hydrogens is 148 g/mol. The summed E-state index contributed by atoms with van der Waals surface area (Å²) in [5.74, 6) is 0.146. The van der Waals surface area contributed by atoms with E-state index in [9.17, 15) is 0 Å². The molecule has 0 radical (unpaired) electrons. The van der Waals surface area contributed by atoms with Gasteiger partial charge in [0.2, 0.25) is 0 Å². The number of hydrogen-bond acceptors (Lipinski definition) is 2. The Hall–Kier alpha value is -1.36. The van der Waals surface area contributed by atoms with E-state index in [0.29, 0.717) is 0 Å². The zero-order chi connectivity index (χ0) is 8.81. The Morgan fingerprint density at radius 3 is 2.67 bits per heavy atom. The molecule has 0 aliphatic heterocycles. The number of pyridine rings is 1. The first-order valence-corrected chi connectivity index (χ1v) is 4.15. The van der Waals surface area contributed by atoms with Gasteiger partial charge in [0.05, 0.1) is 12.0 Å². The van der Waals surface area contributed by atoms with Gasteiger partial charge in [-0.15, -0.1) is 0 Å². The quantitative estimate of drug-likeness (QED) is 0.679. The zero-order valence-corrected chi connectivity index (χ0v) is 7.20. The van der Waals surface area contributed by atoms with Gasteiger partial charge in [-0.25, -0.2) is 0 Å². The Balaban J connectivity index is 2.58. The fourth-order valence-electron chi connectivity index (χ4n) is 1.08. The van der Waals surface area contributed by atoms with Gasteiger partial charge in [-0.1, -0.05) is 6.92 Å². The second-order valence-electron chi connectivity index (χ2n) is 2.79. The fourth-order valence-corrected chi connectivity index (χ4v) is 1.08. The zero-order valence-electron chi connectivity index (χ0n) is 7.20. The third-order valence-corrected chi connectivity index (χ3v) is 1.91. The number of nitriles is 1. The molecule has 12 heavy (non-hydrogen) atoms. The Morgan fingerprint density at radius 2 is 2.17 bits per heavy atom. The lowest BCUT2D eigenvalue weighted by atomic mass is 9.99. The smallest absolute Gasteiger partial charge is 0.0659 e. The second-order valence-corrected chi connectivity index (χ2v) is 2.79. The summed E-state index contributed by atoms with van der Waals surface area (Å²) in [5.41, 5.74) is 1.19. The van der Waals surface area contributed by atoms with Crippen molar-refractivity contribution in [2.45, 2.75) is 19.8 Å². The molecule has 0 saturated heterocycles. The van der Waals surface area contributed by atoms with Crippen LogP contribution in [0.5, 0.6) is 0 Å². The average molecular weight is 160 g/mol. The molecule has 0 aromatic carbocycles. The van der Waals surface area contributed by atoms with Gasteiger partial charge < -0.3 is 0 Å². The predicted octanol–water partition coefficient (Wildman–Crippen LogP) is 2.17. The van der Waals surface area contributed by atoms with Crippen LogP contribution in [0.15, 0.2) is 24.5 Å². The Bertz CT molecular complexity index is 261. The van der Waals surface area contributed by atoms with Gasteiger partial charge in [0.25, 0.3) is 0 Å². The maximum absolute atomic E-state index is 8.72. The number of hydrogen-bond donors (Lipinski definition) is 0. The van der Waals surface area contributed by atoms with Crippen LogP contribution in [0.2, 0.25) is 0 Å². The van der Waals surface area contributed by atoms with E-state index in [1.165, 1.54) is 5.56 Å². The van der Waals surface area contributed by atoms with Crippen LogP contribution >= 0.6 is 0 Å². The highest BCUT2D eigenvalue weighted by Crippen LogP contribution is 2.09. The maximum atomic E-state index is 8.72. The van der Waals surface area contributed by atoms with E-state index in [4.69, 9.17) is 5.26 Å². The maximum Gasteiger partial charge on any atom is 0.0659 e. The van der Waals surface area contributed by atoms with E-state index >= 15 is 0 Å². The molecule has 62 valence electrons. The van der Waals surface area contributed by atoms with Crippen molar-refractivity contribution in [3.8, 4) is 6.07 Å². The van der Waals surface area contributed by atoms with Crippen LogP contribution in [0.1, 0.15) is 18.9 Å². The van der Waals surface area contributed by atoms with Crippen LogP contribution in [-0.2, 0) is 6.42 Å². The van der Waals surface area contributed by atoms with E-state index in [-0.39, 0.29) is 5.92 Å². The lowest BCUT2D eigenvalue weighted by Gasteiger charge is -2.04. The third-order valence-electron chi connectivity index (χ3n) is 1.91. The SMILES string of the molecule is CCC(C#N)Cc1ccncc1. The fraction of sp³-hybridized carbons (Fsp3) is 0.400. The van der Waals surface area contributed by atoms with Gasteiger partial charge in [0.1, 0.15) is 0 Å². The van der Waals surface area contributed by atoms with E-state index in [0.717, 1.165) is 12.8 Å². The van der Waals surface area contributed by atoms with E-state index in [2.05, 4.69) is 11.1 Å². The van der Waals surface area contributed by atoms with Crippen molar-refractivity contribution in [1.29, 1.82) is 5.26 Å².